The van der Waals surface area contributed by atoms with Crippen LogP contribution in [0.4, 0.5) is 10.1 Å². The van der Waals surface area contributed by atoms with Crippen LogP contribution in [0.1, 0.15) is 34.3 Å². The number of likely N-dealkylation sites (tertiary alicyclic amines) is 1. The molecule has 1 saturated heterocycles. The van der Waals surface area contributed by atoms with Crippen molar-refractivity contribution in [2.24, 2.45) is 0 Å². The number of piperidine rings is 1. The minimum Gasteiger partial charge on any atom is -0.349 e. The number of anilines is 1. The molecule has 8 heteroatoms. The van der Waals surface area contributed by atoms with Gasteiger partial charge in [0.2, 0.25) is 0 Å². The van der Waals surface area contributed by atoms with Gasteiger partial charge in [0.05, 0.1) is 4.90 Å². The van der Waals surface area contributed by atoms with Crippen molar-refractivity contribution in [3.63, 3.8) is 0 Å². The van der Waals surface area contributed by atoms with Crippen molar-refractivity contribution in [2.45, 2.75) is 37.2 Å². The van der Waals surface area contributed by atoms with E-state index in [-0.39, 0.29) is 22.7 Å². The van der Waals surface area contributed by atoms with E-state index in [0.29, 0.717) is 11.3 Å². The minimum atomic E-state index is -3.82. The quantitative estimate of drug-likeness (QED) is 0.527. The molecule has 0 atom stereocenters. The monoisotopic (exact) mass is 481 g/mol. The number of carbonyl (C=O) groups is 1. The summed E-state index contributed by atoms with van der Waals surface area (Å²) in [5.74, 6) is -0.530. The van der Waals surface area contributed by atoms with Crippen LogP contribution >= 0.6 is 0 Å². The number of aryl methyl sites for hydroxylation is 1. The van der Waals surface area contributed by atoms with Crippen LogP contribution < -0.4 is 10.0 Å². The summed E-state index contributed by atoms with van der Waals surface area (Å²) in [5, 5.41) is 3.03. The Kier molecular flexibility index (Phi) is 7.29. The van der Waals surface area contributed by atoms with Gasteiger partial charge in [-0.05, 0) is 73.4 Å². The molecule has 0 radical (unpaired) electrons. The summed E-state index contributed by atoms with van der Waals surface area (Å²) < 4.78 is 41.3. The highest BCUT2D eigenvalue weighted by Crippen LogP contribution is 2.19. The molecule has 0 spiro atoms. The largest absolute Gasteiger partial charge is 0.349 e. The molecule has 1 amide bonds. The van der Waals surface area contributed by atoms with E-state index in [9.17, 15) is 17.6 Å². The fourth-order valence-electron chi connectivity index (χ4n) is 4.08. The molecule has 1 heterocycles. The Balaban J connectivity index is 1.34. The molecule has 4 rings (SSSR count). The van der Waals surface area contributed by atoms with Gasteiger partial charge in [0, 0.05) is 36.9 Å². The highest BCUT2D eigenvalue weighted by molar-refractivity contribution is 7.92. The number of nitrogens with one attached hydrogen (secondary N) is 2. The second-order valence-corrected chi connectivity index (χ2v) is 10.3. The number of carbonyl (C=O) groups excluding carboxylic acids is 1. The third-order valence-corrected chi connectivity index (χ3v) is 7.30. The van der Waals surface area contributed by atoms with Crippen LogP contribution in [-0.4, -0.2) is 38.4 Å². The molecule has 0 aromatic heterocycles. The molecule has 1 aliphatic heterocycles. The van der Waals surface area contributed by atoms with E-state index in [1.165, 1.54) is 24.3 Å². The fraction of sp³-hybridized carbons (Fsp3) is 0.269. The van der Waals surface area contributed by atoms with Crippen molar-refractivity contribution >= 4 is 21.6 Å². The van der Waals surface area contributed by atoms with E-state index in [0.717, 1.165) is 43.6 Å². The second kappa shape index (κ2) is 10.4. The van der Waals surface area contributed by atoms with E-state index in [1.54, 1.807) is 42.5 Å². The molecule has 6 nitrogen and oxygen atoms in total. The van der Waals surface area contributed by atoms with Crippen molar-refractivity contribution < 1.29 is 17.6 Å². The number of halogens is 1. The van der Waals surface area contributed by atoms with Gasteiger partial charge >= 0.3 is 0 Å². The molecule has 3 aromatic carbocycles. The van der Waals surface area contributed by atoms with E-state index < -0.39 is 10.0 Å². The van der Waals surface area contributed by atoms with Gasteiger partial charge in [-0.3, -0.25) is 14.4 Å². The van der Waals surface area contributed by atoms with E-state index in [2.05, 4.69) is 14.9 Å². The highest BCUT2D eigenvalue weighted by Gasteiger charge is 2.22. The molecule has 34 heavy (non-hydrogen) atoms. The molecule has 0 unspecified atom stereocenters. The van der Waals surface area contributed by atoms with Gasteiger partial charge in [0.25, 0.3) is 15.9 Å². The van der Waals surface area contributed by atoms with Crippen LogP contribution in [0.3, 0.4) is 0 Å². The Bertz CT molecular complexity index is 1250. The maximum absolute atomic E-state index is 13.1. The lowest BCUT2D eigenvalue weighted by Crippen LogP contribution is -2.44. The van der Waals surface area contributed by atoms with Crippen LogP contribution in [-0.2, 0) is 16.6 Å². The first kappa shape index (κ1) is 23.9. The summed E-state index contributed by atoms with van der Waals surface area (Å²) in [5.41, 5.74) is 2.78. The van der Waals surface area contributed by atoms with Gasteiger partial charge in [0.1, 0.15) is 5.82 Å². The third-order valence-electron chi connectivity index (χ3n) is 5.92. The summed E-state index contributed by atoms with van der Waals surface area (Å²) in [7, 11) is -3.82. The van der Waals surface area contributed by atoms with Gasteiger partial charge in [0.15, 0.2) is 0 Å². The first-order valence-corrected chi connectivity index (χ1v) is 12.7. The lowest BCUT2D eigenvalue weighted by atomic mass is 10.0. The van der Waals surface area contributed by atoms with Gasteiger partial charge in [-0.25, -0.2) is 12.8 Å². The molecule has 0 bridgehead atoms. The zero-order chi connectivity index (χ0) is 24.1. The minimum absolute atomic E-state index is 0.0163. The van der Waals surface area contributed by atoms with Crippen molar-refractivity contribution in [3.05, 3.63) is 95.3 Å². The Morgan fingerprint density at radius 3 is 2.41 bits per heavy atom. The predicted molar refractivity (Wildman–Crippen MR) is 131 cm³/mol. The van der Waals surface area contributed by atoms with Crippen LogP contribution in [0.5, 0.6) is 0 Å². The third kappa shape index (κ3) is 6.21. The van der Waals surface area contributed by atoms with E-state index in [1.807, 2.05) is 13.0 Å². The number of sulfonamides is 1. The summed E-state index contributed by atoms with van der Waals surface area (Å²) in [6.07, 6.45) is 1.58. The van der Waals surface area contributed by atoms with Crippen LogP contribution in [0.15, 0.2) is 77.7 Å². The zero-order valence-electron chi connectivity index (χ0n) is 19.0. The van der Waals surface area contributed by atoms with Gasteiger partial charge in [-0.1, -0.05) is 30.3 Å². The summed E-state index contributed by atoms with van der Waals surface area (Å²) in [6, 6.07) is 19.7. The molecule has 178 valence electrons. The number of hydrogen-bond acceptors (Lipinski definition) is 4. The van der Waals surface area contributed by atoms with Crippen molar-refractivity contribution in [2.75, 3.05) is 17.8 Å². The van der Waals surface area contributed by atoms with Crippen LogP contribution in [0.25, 0.3) is 0 Å². The Labute approximate surface area is 199 Å². The molecule has 1 aliphatic rings. The summed E-state index contributed by atoms with van der Waals surface area (Å²) in [6.45, 7) is 4.26. The molecule has 0 aliphatic carbocycles. The van der Waals surface area contributed by atoms with Gasteiger partial charge in [-0.15, -0.1) is 0 Å². The predicted octanol–water partition coefficient (Wildman–Crippen LogP) is 4.33. The van der Waals surface area contributed by atoms with Crippen molar-refractivity contribution in [3.8, 4) is 0 Å². The number of rotatable bonds is 7. The maximum atomic E-state index is 13.1. The molecule has 1 fully saturated rings. The highest BCUT2D eigenvalue weighted by atomic mass is 32.2. The molecule has 2 N–H and O–H groups in total. The molecule has 3 aromatic rings. The lowest BCUT2D eigenvalue weighted by Gasteiger charge is -2.32. The van der Waals surface area contributed by atoms with Gasteiger partial charge in [-0.2, -0.15) is 0 Å². The van der Waals surface area contributed by atoms with Crippen LogP contribution in [0.2, 0.25) is 0 Å². The van der Waals surface area contributed by atoms with E-state index >= 15 is 0 Å². The number of amides is 1. The SMILES string of the molecule is Cc1cccc(NS(=O)(=O)c2cccc(C(=O)NC3CCN(Cc4ccc(F)cc4)CC3)c2)c1. The number of nitrogens with zero attached hydrogens (tertiary/aromatic N) is 1. The Morgan fingerprint density at radius 1 is 1.00 bits per heavy atom. The maximum Gasteiger partial charge on any atom is 0.261 e. The Morgan fingerprint density at radius 2 is 1.71 bits per heavy atom. The first-order valence-electron chi connectivity index (χ1n) is 11.3. The fourth-order valence-corrected chi connectivity index (χ4v) is 5.17. The Hall–Kier alpha value is -3.23. The number of benzene rings is 3. The molecular weight excluding hydrogens is 453 g/mol. The van der Waals surface area contributed by atoms with Crippen molar-refractivity contribution in [1.82, 2.24) is 10.2 Å². The average molecular weight is 482 g/mol. The summed E-state index contributed by atoms with van der Waals surface area (Å²) >= 11 is 0. The topological polar surface area (TPSA) is 78.5 Å². The smallest absolute Gasteiger partial charge is 0.261 e. The zero-order valence-corrected chi connectivity index (χ0v) is 19.8. The van der Waals surface area contributed by atoms with E-state index in [4.69, 9.17) is 0 Å². The van der Waals surface area contributed by atoms with Crippen molar-refractivity contribution in [1.29, 1.82) is 0 Å². The van der Waals surface area contributed by atoms with Gasteiger partial charge < -0.3 is 5.32 Å². The number of hydrogen-bond donors (Lipinski definition) is 2. The van der Waals surface area contributed by atoms with Crippen LogP contribution in [0, 0.1) is 12.7 Å². The molecule has 0 saturated carbocycles. The molecular formula is C26H28FN3O3S. The second-order valence-electron chi connectivity index (χ2n) is 8.65. The first-order chi connectivity index (χ1) is 16.3. The lowest BCUT2D eigenvalue weighted by molar-refractivity contribution is 0.0908. The summed E-state index contributed by atoms with van der Waals surface area (Å²) in [4.78, 5) is 15.1. The normalized spacial score (nSPS) is 15.1. The average Bonchev–Trinajstić information content (AvgIpc) is 2.82. The standard InChI is InChI=1S/C26H28FN3O3S/c1-19-4-2-6-24(16-19)29-34(32,33)25-7-3-5-21(17-25)26(31)28-23-12-14-30(15-13-23)18-20-8-10-22(27)11-9-20/h2-11,16-17,23,29H,12-15,18H2,1H3,(H,28,31).